The highest BCUT2D eigenvalue weighted by Gasteiger charge is 2.13. The molecule has 5 heteroatoms. The minimum absolute atomic E-state index is 0.152. The number of esters is 1. The Kier molecular flexibility index (Phi) is 4.10. The van der Waals surface area contributed by atoms with Crippen LogP contribution in [0.1, 0.15) is 21.5 Å². The summed E-state index contributed by atoms with van der Waals surface area (Å²) in [7, 11) is 0. The first-order chi connectivity index (χ1) is 11.1. The maximum absolute atomic E-state index is 12.1. The van der Waals surface area contributed by atoms with Crippen LogP contribution in [0.15, 0.2) is 60.9 Å². The van der Waals surface area contributed by atoms with Gasteiger partial charge in [-0.05, 0) is 30.7 Å². The summed E-state index contributed by atoms with van der Waals surface area (Å²) in [5.41, 5.74) is 9.38. The minimum atomic E-state index is -0.432. The Labute approximate surface area is 134 Å². The molecule has 0 atom stereocenters. The van der Waals surface area contributed by atoms with Gasteiger partial charge in [-0.1, -0.05) is 30.3 Å². The molecule has 3 aromatic rings. The molecule has 1 heterocycles. The number of aryl methyl sites for hydroxylation is 1. The lowest BCUT2D eigenvalue weighted by Gasteiger charge is -2.07. The van der Waals surface area contributed by atoms with E-state index in [1.807, 2.05) is 49.5 Å². The molecule has 3 rings (SSSR count). The van der Waals surface area contributed by atoms with Crippen molar-refractivity contribution in [3.8, 4) is 5.69 Å². The lowest BCUT2D eigenvalue weighted by atomic mass is 10.1. The van der Waals surface area contributed by atoms with Gasteiger partial charge in [-0.3, -0.25) is 0 Å². The van der Waals surface area contributed by atoms with E-state index in [1.54, 1.807) is 23.0 Å². The first-order valence-electron chi connectivity index (χ1n) is 7.26. The highest BCUT2D eigenvalue weighted by molar-refractivity contribution is 5.95. The van der Waals surface area contributed by atoms with E-state index in [0.29, 0.717) is 11.3 Å². The fourth-order valence-electron chi connectivity index (χ4n) is 2.24. The lowest BCUT2D eigenvalue weighted by Crippen LogP contribution is -2.09. The second kappa shape index (κ2) is 6.36. The van der Waals surface area contributed by atoms with Crippen molar-refractivity contribution in [3.63, 3.8) is 0 Å². The predicted octanol–water partition coefficient (Wildman–Crippen LogP) is 3.12. The smallest absolute Gasteiger partial charge is 0.340 e. The standard InChI is InChI=1S/C18H17N3O2/c1-13-6-5-9-16(17(13)19)18(22)23-12-14-10-20-21(11-14)15-7-3-2-4-8-15/h2-11H,12,19H2,1H3. The zero-order valence-electron chi connectivity index (χ0n) is 12.8. The summed E-state index contributed by atoms with van der Waals surface area (Å²) in [5, 5.41) is 4.27. The van der Waals surface area contributed by atoms with Gasteiger partial charge in [0.15, 0.2) is 0 Å². The van der Waals surface area contributed by atoms with Gasteiger partial charge in [0.25, 0.3) is 0 Å². The third-order valence-electron chi connectivity index (χ3n) is 3.57. The van der Waals surface area contributed by atoms with Crippen molar-refractivity contribution in [1.82, 2.24) is 9.78 Å². The SMILES string of the molecule is Cc1cccc(C(=O)OCc2cnn(-c3ccccc3)c2)c1N. The Balaban J connectivity index is 1.68. The van der Waals surface area contributed by atoms with Gasteiger partial charge in [-0.15, -0.1) is 0 Å². The van der Waals surface area contributed by atoms with Crippen molar-refractivity contribution in [3.05, 3.63) is 77.6 Å². The molecule has 0 saturated carbocycles. The Morgan fingerprint density at radius 2 is 1.96 bits per heavy atom. The molecule has 0 fully saturated rings. The summed E-state index contributed by atoms with van der Waals surface area (Å²) >= 11 is 0. The second-order valence-corrected chi connectivity index (χ2v) is 5.24. The molecule has 0 saturated heterocycles. The number of para-hydroxylation sites is 2. The van der Waals surface area contributed by atoms with Gasteiger partial charge >= 0.3 is 5.97 Å². The quantitative estimate of drug-likeness (QED) is 0.594. The maximum Gasteiger partial charge on any atom is 0.340 e. The van der Waals surface area contributed by atoms with E-state index < -0.39 is 5.97 Å². The fourth-order valence-corrected chi connectivity index (χ4v) is 2.24. The Hall–Kier alpha value is -3.08. The summed E-state index contributed by atoms with van der Waals surface area (Å²) in [6, 6.07) is 15.0. The van der Waals surface area contributed by atoms with E-state index in [1.165, 1.54) is 0 Å². The van der Waals surface area contributed by atoms with E-state index in [-0.39, 0.29) is 6.61 Å². The average Bonchev–Trinajstić information content (AvgIpc) is 3.05. The maximum atomic E-state index is 12.1. The lowest BCUT2D eigenvalue weighted by molar-refractivity contribution is 0.0474. The highest BCUT2D eigenvalue weighted by Crippen LogP contribution is 2.18. The minimum Gasteiger partial charge on any atom is -0.457 e. The molecule has 0 unspecified atom stereocenters. The molecule has 2 N–H and O–H groups in total. The second-order valence-electron chi connectivity index (χ2n) is 5.24. The van der Waals surface area contributed by atoms with Crippen molar-refractivity contribution in [1.29, 1.82) is 0 Å². The molecular formula is C18H17N3O2. The number of rotatable bonds is 4. The van der Waals surface area contributed by atoms with Crippen LogP contribution >= 0.6 is 0 Å². The molecule has 0 aliphatic rings. The van der Waals surface area contributed by atoms with Crippen LogP contribution in [0.5, 0.6) is 0 Å². The molecular weight excluding hydrogens is 290 g/mol. The number of nitrogens with two attached hydrogens (primary N) is 1. The third-order valence-corrected chi connectivity index (χ3v) is 3.57. The third kappa shape index (κ3) is 3.23. The first-order valence-corrected chi connectivity index (χ1v) is 7.26. The number of carbonyl (C=O) groups is 1. The number of carbonyl (C=O) groups excluding carboxylic acids is 1. The van der Waals surface area contributed by atoms with Crippen LogP contribution < -0.4 is 5.73 Å². The summed E-state index contributed by atoms with van der Waals surface area (Å²) < 4.78 is 7.07. The van der Waals surface area contributed by atoms with Gasteiger partial charge in [0, 0.05) is 17.4 Å². The van der Waals surface area contributed by atoms with E-state index in [0.717, 1.165) is 16.8 Å². The topological polar surface area (TPSA) is 70.1 Å². The van der Waals surface area contributed by atoms with E-state index in [2.05, 4.69) is 5.10 Å². The van der Waals surface area contributed by atoms with Gasteiger partial charge < -0.3 is 10.5 Å². The molecule has 116 valence electrons. The normalized spacial score (nSPS) is 10.5. The molecule has 2 aromatic carbocycles. The van der Waals surface area contributed by atoms with E-state index >= 15 is 0 Å². The number of benzene rings is 2. The molecule has 0 aliphatic heterocycles. The summed E-state index contributed by atoms with van der Waals surface area (Å²) in [6.07, 6.45) is 3.52. The highest BCUT2D eigenvalue weighted by atomic mass is 16.5. The number of aromatic nitrogens is 2. The zero-order valence-corrected chi connectivity index (χ0v) is 12.8. The van der Waals surface area contributed by atoms with Gasteiger partial charge in [0.1, 0.15) is 6.61 Å². The first kappa shape index (κ1) is 14.8. The number of hydrogen-bond donors (Lipinski definition) is 1. The Bertz CT molecular complexity index is 825. The van der Waals surface area contributed by atoms with Crippen LogP contribution in [0, 0.1) is 6.92 Å². The summed E-state index contributed by atoms with van der Waals surface area (Å²) in [6.45, 7) is 2.01. The van der Waals surface area contributed by atoms with Gasteiger partial charge in [-0.2, -0.15) is 5.10 Å². The molecule has 1 aromatic heterocycles. The Morgan fingerprint density at radius 3 is 2.74 bits per heavy atom. The number of hydrogen-bond acceptors (Lipinski definition) is 4. The molecule has 5 nitrogen and oxygen atoms in total. The average molecular weight is 307 g/mol. The largest absolute Gasteiger partial charge is 0.457 e. The van der Waals surface area contributed by atoms with Crippen molar-refractivity contribution >= 4 is 11.7 Å². The van der Waals surface area contributed by atoms with Crippen molar-refractivity contribution in [2.45, 2.75) is 13.5 Å². The number of anilines is 1. The molecule has 0 radical (unpaired) electrons. The number of ether oxygens (including phenoxy) is 1. The molecule has 23 heavy (non-hydrogen) atoms. The zero-order chi connectivity index (χ0) is 16.2. The Morgan fingerprint density at radius 1 is 1.17 bits per heavy atom. The van der Waals surface area contributed by atoms with Crippen LogP contribution in [0.25, 0.3) is 5.69 Å². The van der Waals surface area contributed by atoms with Crippen molar-refractivity contribution in [2.24, 2.45) is 0 Å². The monoisotopic (exact) mass is 307 g/mol. The molecule has 0 bridgehead atoms. The summed E-state index contributed by atoms with van der Waals surface area (Å²) in [5.74, 6) is -0.432. The number of nitrogen functional groups attached to an aromatic ring is 1. The number of nitrogens with zero attached hydrogens (tertiary/aromatic N) is 2. The molecule has 0 aliphatic carbocycles. The fraction of sp³-hybridized carbons (Fsp3) is 0.111. The molecule has 0 spiro atoms. The van der Waals surface area contributed by atoms with E-state index in [4.69, 9.17) is 10.5 Å². The van der Waals surface area contributed by atoms with Crippen LogP contribution in [0.4, 0.5) is 5.69 Å². The van der Waals surface area contributed by atoms with Crippen molar-refractivity contribution < 1.29 is 9.53 Å². The summed E-state index contributed by atoms with van der Waals surface area (Å²) in [4.78, 5) is 12.1. The van der Waals surface area contributed by atoms with E-state index in [9.17, 15) is 4.79 Å². The van der Waals surface area contributed by atoms with Crippen LogP contribution in [0.2, 0.25) is 0 Å². The van der Waals surface area contributed by atoms with Crippen LogP contribution in [0.3, 0.4) is 0 Å². The van der Waals surface area contributed by atoms with Crippen LogP contribution in [-0.4, -0.2) is 15.7 Å². The van der Waals surface area contributed by atoms with Gasteiger partial charge in [0.05, 0.1) is 17.4 Å². The van der Waals surface area contributed by atoms with Gasteiger partial charge in [0.2, 0.25) is 0 Å². The predicted molar refractivity (Wildman–Crippen MR) is 88.3 cm³/mol. The van der Waals surface area contributed by atoms with Crippen LogP contribution in [-0.2, 0) is 11.3 Å². The van der Waals surface area contributed by atoms with Gasteiger partial charge in [-0.25, -0.2) is 9.48 Å². The molecule has 0 amide bonds. The van der Waals surface area contributed by atoms with Crippen molar-refractivity contribution in [2.75, 3.05) is 5.73 Å².